The van der Waals surface area contributed by atoms with Crippen molar-refractivity contribution in [2.75, 3.05) is 31.1 Å². The highest BCUT2D eigenvalue weighted by Gasteiger charge is 2.18. The Balaban J connectivity index is 1.60. The average molecular weight is 325 g/mol. The summed E-state index contributed by atoms with van der Waals surface area (Å²) in [6, 6.07) is 5.83. The maximum atomic E-state index is 6.09. The van der Waals surface area contributed by atoms with Gasteiger partial charge in [0.2, 0.25) is 0 Å². The van der Waals surface area contributed by atoms with Crippen LogP contribution in [0.5, 0.6) is 0 Å². The van der Waals surface area contributed by atoms with Crippen molar-refractivity contribution in [1.29, 1.82) is 0 Å². The van der Waals surface area contributed by atoms with Gasteiger partial charge in [-0.25, -0.2) is 4.98 Å². The van der Waals surface area contributed by atoms with E-state index in [0.29, 0.717) is 10.0 Å². The van der Waals surface area contributed by atoms with E-state index in [1.54, 1.807) is 0 Å². The van der Waals surface area contributed by atoms with E-state index in [-0.39, 0.29) is 0 Å². The van der Waals surface area contributed by atoms with E-state index < -0.39 is 0 Å². The maximum absolute atomic E-state index is 6.09. The molecule has 0 amide bonds. The number of aromatic nitrogens is 2. The molecule has 1 aliphatic rings. The number of nitrogens with zero attached hydrogens (tertiary/aromatic N) is 4. The molecule has 1 aliphatic heterocycles. The molecule has 0 saturated carbocycles. The minimum Gasteiger partial charge on any atom is -0.369 e. The Bertz CT molecular complexity index is 618. The third-order valence-corrected chi connectivity index (χ3v) is 4.67. The predicted octanol–water partition coefficient (Wildman–Crippen LogP) is 3.05. The van der Waals surface area contributed by atoms with Crippen molar-refractivity contribution in [1.82, 2.24) is 14.5 Å². The summed E-state index contributed by atoms with van der Waals surface area (Å²) < 4.78 is 2.07. The molecule has 1 saturated heterocycles. The normalized spacial score (nSPS) is 16.4. The number of aryl methyl sites for hydroxylation is 1. The van der Waals surface area contributed by atoms with Crippen LogP contribution in [0.4, 0.5) is 5.69 Å². The second kappa shape index (κ2) is 6.26. The lowest BCUT2D eigenvalue weighted by atomic mass is 10.2. The molecule has 1 aromatic carbocycles. The predicted molar refractivity (Wildman–Crippen MR) is 87.2 cm³/mol. The Hall–Kier alpha value is -1.23. The van der Waals surface area contributed by atoms with Crippen LogP contribution in [0.3, 0.4) is 0 Å². The Morgan fingerprint density at radius 2 is 1.86 bits per heavy atom. The van der Waals surface area contributed by atoms with Gasteiger partial charge in [-0.05, 0) is 18.2 Å². The molecule has 112 valence electrons. The highest BCUT2D eigenvalue weighted by molar-refractivity contribution is 6.42. The summed E-state index contributed by atoms with van der Waals surface area (Å²) in [5.41, 5.74) is 1.14. The molecule has 21 heavy (non-hydrogen) atoms. The summed E-state index contributed by atoms with van der Waals surface area (Å²) in [7, 11) is 2.04. The summed E-state index contributed by atoms with van der Waals surface area (Å²) in [4.78, 5) is 9.16. The van der Waals surface area contributed by atoms with Crippen LogP contribution in [0, 0.1) is 0 Å². The summed E-state index contributed by atoms with van der Waals surface area (Å²) in [6.07, 6.45) is 3.84. The Kier molecular flexibility index (Phi) is 4.38. The number of hydrogen-bond donors (Lipinski definition) is 0. The summed E-state index contributed by atoms with van der Waals surface area (Å²) in [6.45, 7) is 4.92. The van der Waals surface area contributed by atoms with Crippen molar-refractivity contribution in [3.8, 4) is 0 Å². The van der Waals surface area contributed by atoms with Gasteiger partial charge in [0.05, 0.1) is 16.6 Å². The third-order valence-electron chi connectivity index (χ3n) is 3.93. The van der Waals surface area contributed by atoms with E-state index in [1.807, 2.05) is 37.6 Å². The molecule has 0 spiro atoms. The number of imidazole rings is 1. The van der Waals surface area contributed by atoms with Gasteiger partial charge in [0.15, 0.2) is 0 Å². The van der Waals surface area contributed by atoms with E-state index in [9.17, 15) is 0 Å². The number of halogens is 2. The fourth-order valence-electron chi connectivity index (χ4n) is 2.59. The van der Waals surface area contributed by atoms with Gasteiger partial charge in [-0.2, -0.15) is 0 Å². The largest absolute Gasteiger partial charge is 0.369 e. The molecule has 0 N–H and O–H groups in total. The molecule has 4 nitrogen and oxygen atoms in total. The van der Waals surface area contributed by atoms with Crippen molar-refractivity contribution in [2.45, 2.75) is 6.54 Å². The van der Waals surface area contributed by atoms with Gasteiger partial charge in [-0.15, -0.1) is 0 Å². The minimum absolute atomic E-state index is 0.605. The summed E-state index contributed by atoms with van der Waals surface area (Å²) in [5, 5.41) is 1.22. The van der Waals surface area contributed by atoms with Crippen molar-refractivity contribution >= 4 is 28.9 Å². The van der Waals surface area contributed by atoms with E-state index >= 15 is 0 Å². The van der Waals surface area contributed by atoms with Crippen molar-refractivity contribution in [3.05, 3.63) is 46.5 Å². The molecule has 0 aliphatic carbocycles. The maximum Gasteiger partial charge on any atom is 0.122 e. The highest BCUT2D eigenvalue weighted by atomic mass is 35.5. The molecule has 6 heteroatoms. The lowest BCUT2D eigenvalue weighted by Gasteiger charge is -2.36. The van der Waals surface area contributed by atoms with Gasteiger partial charge in [-0.3, -0.25) is 4.90 Å². The SMILES string of the molecule is Cn1ccnc1CN1CCN(c2ccc(Cl)c(Cl)c2)CC1. The third kappa shape index (κ3) is 3.34. The number of piperazine rings is 1. The molecular formula is C15H18Cl2N4. The van der Waals surface area contributed by atoms with Gasteiger partial charge in [0.25, 0.3) is 0 Å². The van der Waals surface area contributed by atoms with E-state index in [0.717, 1.165) is 44.2 Å². The zero-order valence-electron chi connectivity index (χ0n) is 12.0. The Morgan fingerprint density at radius 3 is 2.48 bits per heavy atom. The van der Waals surface area contributed by atoms with Crippen LogP contribution >= 0.6 is 23.2 Å². The molecule has 2 heterocycles. The first kappa shape index (κ1) is 14.7. The zero-order chi connectivity index (χ0) is 14.8. The monoisotopic (exact) mass is 324 g/mol. The molecule has 0 atom stereocenters. The fraction of sp³-hybridized carbons (Fsp3) is 0.400. The van der Waals surface area contributed by atoms with Crippen LogP contribution < -0.4 is 4.90 Å². The van der Waals surface area contributed by atoms with Crippen molar-refractivity contribution in [2.24, 2.45) is 7.05 Å². The Morgan fingerprint density at radius 1 is 1.10 bits per heavy atom. The van der Waals surface area contributed by atoms with Gasteiger partial charge < -0.3 is 9.47 Å². The molecular weight excluding hydrogens is 307 g/mol. The first-order valence-electron chi connectivity index (χ1n) is 7.02. The number of rotatable bonds is 3. The van der Waals surface area contributed by atoms with Gasteiger partial charge in [0, 0.05) is 51.3 Å². The van der Waals surface area contributed by atoms with Crippen LogP contribution in [0.2, 0.25) is 10.0 Å². The number of hydrogen-bond acceptors (Lipinski definition) is 3. The lowest BCUT2D eigenvalue weighted by molar-refractivity contribution is 0.242. The number of benzene rings is 1. The zero-order valence-corrected chi connectivity index (χ0v) is 13.5. The second-order valence-electron chi connectivity index (χ2n) is 5.32. The molecule has 0 bridgehead atoms. The molecule has 1 fully saturated rings. The Labute approximate surface area is 134 Å². The van der Waals surface area contributed by atoms with Crippen LogP contribution in [0.15, 0.2) is 30.6 Å². The molecule has 1 aromatic heterocycles. The topological polar surface area (TPSA) is 24.3 Å². The molecule has 0 unspecified atom stereocenters. The highest BCUT2D eigenvalue weighted by Crippen LogP contribution is 2.27. The van der Waals surface area contributed by atoms with Crippen LogP contribution in [0.25, 0.3) is 0 Å². The quantitative estimate of drug-likeness (QED) is 0.867. The molecule has 2 aromatic rings. The number of anilines is 1. The average Bonchev–Trinajstić information content (AvgIpc) is 2.88. The smallest absolute Gasteiger partial charge is 0.122 e. The van der Waals surface area contributed by atoms with Crippen molar-refractivity contribution in [3.63, 3.8) is 0 Å². The van der Waals surface area contributed by atoms with Crippen molar-refractivity contribution < 1.29 is 0 Å². The standard InChI is InChI=1S/C15H18Cl2N4/c1-19-5-4-18-15(19)11-20-6-8-21(9-7-20)12-2-3-13(16)14(17)10-12/h2-5,10H,6-9,11H2,1H3. The van der Waals surface area contributed by atoms with Crippen LogP contribution in [-0.2, 0) is 13.6 Å². The van der Waals surface area contributed by atoms with Gasteiger partial charge >= 0.3 is 0 Å². The van der Waals surface area contributed by atoms with Crippen LogP contribution in [-0.4, -0.2) is 40.6 Å². The minimum atomic E-state index is 0.605. The summed E-state index contributed by atoms with van der Waals surface area (Å²) in [5.74, 6) is 1.11. The van der Waals surface area contributed by atoms with E-state index in [2.05, 4.69) is 19.4 Å². The summed E-state index contributed by atoms with van der Waals surface area (Å²) >= 11 is 12.1. The first-order valence-corrected chi connectivity index (χ1v) is 7.77. The molecule has 3 rings (SSSR count). The van der Waals surface area contributed by atoms with E-state index in [1.165, 1.54) is 0 Å². The van der Waals surface area contributed by atoms with Gasteiger partial charge in [-0.1, -0.05) is 23.2 Å². The second-order valence-corrected chi connectivity index (χ2v) is 6.13. The van der Waals surface area contributed by atoms with Crippen LogP contribution in [0.1, 0.15) is 5.82 Å². The fourth-order valence-corrected chi connectivity index (χ4v) is 2.89. The lowest BCUT2D eigenvalue weighted by Crippen LogP contribution is -2.46. The van der Waals surface area contributed by atoms with Gasteiger partial charge in [0.1, 0.15) is 5.82 Å². The molecule has 0 radical (unpaired) electrons. The first-order chi connectivity index (χ1) is 10.1. The van der Waals surface area contributed by atoms with E-state index in [4.69, 9.17) is 23.2 Å².